The molecule has 0 aliphatic rings. The number of hydrogen-bond donors (Lipinski definition) is 0. The summed E-state index contributed by atoms with van der Waals surface area (Å²) in [6.07, 6.45) is 0. The Morgan fingerprint density at radius 3 is 2.09 bits per heavy atom. The van der Waals surface area contributed by atoms with Crippen molar-refractivity contribution >= 4 is 11.0 Å². The zero-order chi connectivity index (χ0) is 16.4. The van der Waals surface area contributed by atoms with E-state index in [1.165, 1.54) is 0 Å². The molecule has 22 heavy (non-hydrogen) atoms. The molecule has 0 saturated heterocycles. The lowest BCUT2D eigenvalue weighted by atomic mass is 10.3. The highest BCUT2D eigenvalue weighted by Crippen LogP contribution is 2.16. The lowest BCUT2D eigenvalue weighted by Crippen LogP contribution is -2.03. The summed E-state index contributed by atoms with van der Waals surface area (Å²) in [7, 11) is 2.01. The minimum absolute atomic E-state index is 0.481. The number of para-hydroxylation sites is 3. The van der Waals surface area contributed by atoms with Gasteiger partial charge in [0.25, 0.3) is 0 Å². The third-order valence-corrected chi connectivity index (χ3v) is 2.99. The third kappa shape index (κ3) is 4.35. The summed E-state index contributed by atoms with van der Waals surface area (Å²) >= 11 is 0. The van der Waals surface area contributed by atoms with Crippen molar-refractivity contribution in [3.05, 3.63) is 60.4 Å². The largest absolute Gasteiger partial charge is 0.486 e. The molecule has 3 heteroatoms. The van der Waals surface area contributed by atoms with Gasteiger partial charge in [0.2, 0.25) is 0 Å². The first-order valence-electron chi connectivity index (χ1n) is 7.93. The van der Waals surface area contributed by atoms with Crippen LogP contribution in [-0.4, -0.2) is 9.55 Å². The fourth-order valence-electron chi connectivity index (χ4n) is 1.99. The second-order valence-electron chi connectivity index (χ2n) is 4.18. The Kier molecular flexibility index (Phi) is 7.76. The molecule has 0 saturated carbocycles. The molecule has 0 aliphatic carbocycles. The number of aromatic nitrogens is 2. The molecule has 118 valence electrons. The van der Waals surface area contributed by atoms with E-state index >= 15 is 0 Å². The van der Waals surface area contributed by atoms with Gasteiger partial charge in [-0.15, -0.1) is 0 Å². The molecule has 0 fully saturated rings. The van der Waals surface area contributed by atoms with Gasteiger partial charge in [-0.3, -0.25) is 0 Å². The molecule has 0 atom stereocenters. The minimum atomic E-state index is 0.481. The Morgan fingerprint density at radius 1 is 0.864 bits per heavy atom. The summed E-state index contributed by atoms with van der Waals surface area (Å²) in [6.45, 7) is 8.48. The van der Waals surface area contributed by atoms with Crippen LogP contribution in [0.15, 0.2) is 54.6 Å². The van der Waals surface area contributed by atoms with Crippen LogP contribution in [0.2, 0.25) is 0 Å². The van der Waals surface area contributed by atoms with Crippen molar-refractivity contribution in [1.82, 2.24) is 9.55 Å². The van der Waals surface area contributed by atoms with Crippen molar-refractivity contribution in [3.63, 3.8) is 0 Å². The molecule has 1 aromatic heterocycles. The lowest BCUT2D eigenvalue weighted by Gasteiger charge is -2.05. The lowest BCUT2D eigenvalue weighted by molar-refractivity contribution is 0.292. The maximum atomic E-state index is 5.72. The first kappa shape index (κ1) is 17.8. The average molecular weight is 298 g/mol. The number of rotatable bonds is 3. The Bertz CT molecular complexity index is 660. The van der Waals surface area contributed by atoms with E-state index in [1.54, 1.807) is 0 Å². The molecule has 0 spiro atoms. The second kappa shape index (κ2) is 9.61. The number of benzene rings is 2. The fraction of sp³-hybridized carbons (Fsp3) is 0.316. The van der Waals surface area contributed by atoms with Gasteiger partial charge in [-0.05, 0) is 24.3 Å². The maximum absolute atomic E-state index is 5.72. The number of ether oxygens (including phenoxy) is 1. The van der Waals surface area contributed by atoms with Crippen LogP contribution in [0.25, 0.3) is 11.0 Å². The number of nitrogens with zero attached hydrogens (tertiary/aromatic N) is 2. The SMILES string of the molecule is CC.CC.Cn1c(COc2ccccc2)nc2ccccc21. The van der Waals surface area contributed by atoms with E-state index in [-0.39, 0.29) is 0 Å². The molecular weight excluding hydrogens is 272 g/mol. The molecule has 3 aromatic rings. The number of imidazole rings is 1. The standard InChI is InChI=1S/C15H14N2O.2C2H6/c1-17-14-10-6-5-9-13(14)16-15(17)11-18-12-7-3-2-4-8-12;2*1-2/h2-10H,11H2,1H3;2*1-2H3. The molecular formula is C19H26N2O. The van der Waals surface area contributed by atoms with Crippen LogP contribution < -0.4 is 4.74 Å². The predicted octanol–water partition coefficient (Wildman–Crippen LogP) is 5.20. The minimum Gasteiger partial charge on any atom is -0.486 e. The van der Waals surface area contributed by atoms with E-state index in [2.05, 4.69) is 15.6 Å². The van der Waals surface area contributed by atoms with Crippen LogP contribution in [0.5, 0.6) is 5.75 Å². The summed E-state index contributed by atoms with van der Waals surface area (Å²) in [5.74, 6) is 1.80. The maximum Gasteiger partial charge on any atom is 0.147 e. The van der Waals surface area contributed by atoms with Crippen LogP contribution in [0.4, 0.5) is 0 Å². The van der Waals surface area contributed by atoms with Crippen molar-refractivity contribution in [2.24, 2.45) is 7.05 Å². The van der Waals surface area contributed by atoms with Crippen LogP contribution in [0, 0.1) is 0 Å². The quantitative estimate of drug-likeness (QED) is 0.664. The number of aryl methyl sites for hydroxylation is 1. The van der Waals surface area contributed by atoms with Crippen molar-refractivity contribution in [1.29, 1.82) is 0 Å². The number of hydrogen-bond acceptors (Lipinski definition) is 2. The van der Waals surface area contributed by atoms with Crippen molar-refractivity contribution in [2.45, 2.75) is 34.3 Å². The van der Waals surface area contributed by atoms with E-state index in [0.29, 0.717) is 6.61 Å². The molecule has 0 unspecified atom stereocenters. The van der Waals surface area contributed by atoms with Crippen LogP contribution in [0.1, 0.15) is 33.5 Å². The molecule has 3 rings (SSSR count). The van der Waals surface area contributed by atoms with Gasteiger partial charge in [0.1, 0.15) is 18.2 Å². The van der Waals surface area contributed by atoms with Gasteiger partial charge in [-0.2, -0.15) is 0 Å². The van der Waals surface area contributed by atoms with E-state index in [0.717, 1.165) is 22.6 Å². The highest BCUT2D eigenvalue weighted by molar-refractivity contribution is 5.75. The summed E-state index contributed by atoms with van der Waals surface area (Å²) in [4.78, 5) is 4.57. The van der Waals surface area contributed by atoms with Gasteiger partial charge in [0, 0.05) is 7.05 Å². The summed E-state index contributed by atoms with van der Waals surface area (Å²) < 4.78 is 7.79. The van der Waals surface area contributed by atoms with Gasteiger partial charge in [0.05, 0.1) is 11.0 Å². The predicted molar refractivity (Wildman–Crippen MR) is 94.2 cm³/mol. The zero-order valence-corrected chi connectivity index (χ0v) is 14.2. The Morgan fingerprint density at radius 2 is 1.45 bits per heavy atom. The fourth-order valence-corrected chi connectivity index (χ4v) is 1.99. The molecule has 0 radical (unpaired) electrons. The van der Waals surface area contributed by atoms with Crippen molar-refractivity contribution in [2.75, 3.05) is 0 Å². The van der Waals surface area contributed by atoms with Gasteiger partial charge >= 0.3 is 0 Å². The van der Waals surface area contributed by atoms with E-state index in [1.807, 2.05) is 83.3 Å². The van der Waals surface area contributed by atoms with Crippen LogP contribution in [0.3, 0.4) is 0 Å². The van der Waals surface area contributed by atoms with E-state index in [9.17, 15) is 0 Å². The molecule has 0 aliphatic heterocycles. The van der Waals surface area contributed by atoms with Crippen molar-refractivity contribution < 1.29 is 4.74 Å². The smallest absolute Gasteiger partial charge is 0.147 e. The monoisotopic (exact) mass is 298 g/mol. The van der Waals surface area contributed by atoms with Crippen LogP contribution >= 0.6 is 0 Å². The summed E-state index contributed by atoms with van der Waals surface area (Å²) in [5.41, 5.74) is 2.14. The Balaban J connectivity index is 0.000000561. The molecule has 0 N–H and O–H groups in total. The molecule has 0 bridgehead atoms. The topological polar surface area (TPSA) is 27.1 Å². The zero-order valence-electron chi connectivity index (χ0n) is 14.2. The molecule has 3 nitrogen and oxygen atoms in total. The van der Waals surface area contributed by atoms with Crippen LogP contribution in [-0.2, 0) is 13.7 Å². The first-order chi connectivity index (χ1) is 10.8. The van der Waals surface area contributed by atoms with Gasteiger partial charge in [-0.25, -0.2) is 4.98 Å². The van der Waals surface area contributed by atoms with Gasteiger partial charge in [0.15, 0.2) is 0 Å². The average Bonchev–Trinajstić information content (AvgIpc) is 2.94. The summed E-state index contributed by atoms with van der Waals surface area (Å²) in [6, 6.07) is 17.9. The highest BCUT2D eigenvalue weighted by Gasteiger charge is 2.07. The normalized spacial score (nSPS) is 9.32. The van der Waals surface area contributed by atoms with Crippen molar-refractivity contribution in [3.8, 4) is 5.75 Å². The molecule has 2 aromatic carbocycles. The summed E-state index contributed by atoms with van der Waals surface area (Å²) in [5, 5.41) is 0. The van der Waals surface area contributed by atoms with Gasteiger partial charge in [-0.1, -0.05) is 58.0 Å². The molecule has 0 amide bonds. The first-order valence-corrected chi connectivity index (χ1v) is 7.93. The van der Waals surface area contributed by atoms with Gasteiger partial charge < -0.3 is 9.30 Å². The number of fused-ring (bicyclic) bond motifs is 1. The van der Waals surface area contributed by atoms with E-state index < -0.39 is 0 Å². The van der Waals surface area contributed by atoms with E-state index in [4.69, 9.17) is 4.74 Å². The Hall–Kier alpha value is -2.29. The third-order valence-electron chi connectivity index (χ3n) is 2.99. The second-order valence-corrected chi connectivity index (χ2v) is 4.18. The Labute approximate surface area is 133 Å². The highest BCUT2D eigenvalue weighted by atomic mass is 16.5. The molecule has 1 heterocycles.